The first-order chi connectivity index (χ1) is 9.61. The second-order valence-corrected chi connectivity index (χ2v) is 6.62. The molecule has 21 heavy (non-hydrogen) atoms. The van der Waals surface area contributed by atoms with E-state index in [0.29, 0.717) is 15.4 Å². The average Bonchev–Trinajstić information content (AvgIpc) is 2.37. The monoisotopic (exact) mass is 325 g/mol. The van der Waals surface area contributed by atoms with E-state index >= 15 is 0 Å². The molecule has 0 fully saturated rings. The van der Waals surface area contributed by atoms with Gasteiger partial charge in [0, 0.05) is 6.54 Å². The summed E-state index contributed by atoms with van der Waals surface area (Å²) in [6.07, 6.45) is -4.33. The van der Waals surface area contributed by atoms with E-state index in [-0.39, 0.29) is 24.5 Å². The van der Waals surface area contributed by atoms with E-state index in [1.807, 2.05) is 0 Å². The lowest BCUT2D eigenvalue weighted by Crippen LogP contribution is -2.39. The first-order valence-electron chi connectivity index (χ1n) is 6.39. The molecule has 1 rings (SSSR count). The number of alkyl halides is 3. The summed E-state index contributed by atoms with van der Waals surface area (Å²) < 4.78 is 63.0. The van der Waals surface area contributed by atoms with Crippen LogP contribution in [0.25, 0.3) is 0 Å². The van der Waals surface area contributed by atoms with Gasteiger partial charge in [-0.3, -0.25) is 0 Å². The minimum atomic E-state index is -4.61. The zero-order valence-corrected chi connectivity index (χ0v) is 12.6. The highest BCUT2D eigenvalue weighted by Gasteiger charge is 2.37. The first-order valence-corrected chi connectivity index (χ1v) is 7.83. The molecule has 0 aliphatic carbocycles. The van der Waals surface area contributed by atoms with Crippen molar-refractivity contribution >= 4 is 10.0 Å². The number of hydrogen-bond donors (Lipinski definition) is 1. The molecule has 0 unspecified atom stereocenters. The van der Waals surface area contributed by atoms with Crippen LogP contribution in [0.2, 0.25) is 0 Å². The van der Waals surface area contributed by atoms with Crippen LogP contribution in [-0.4, -0.2) is 37.1 Å². The number of halogens is 3. The summed E-state index contributed by atoms with van der Waals surface area (Å²) in [5, 5.41) is 9.06. The number of rotatable bonds is 6. The molecule has 0 atom stereocenters. The quantitative estimate of drug-likeness (QED) is 0.874. The normalized spacial score (nSPS) is 12.9. The Kier molecular flexibility index (Phi) is 5.77. The Morgan fingerprint density at radius 3 is 2.38 bits per heavy atom. The molecule has 0 amide bonds. The third-order valence-electron chi connectivity index (χ3n) is 2.88. The van der Waals surface area contributed by atoms with Gasteiger partial charge in [-0.1, -0.05) is 19.1 Å². The van der Waals surface area contributed by atoms with Crippen molar-refractivity contribution in [1.29, 1.82) is 0 Å². The van der Waals surface area contributed by atoms with Crippen LogP contribution in [0.4, 0.5) is 13.2 Å². The molecule has 0 aromatic heterocycles. The van der Waals surface area contributed by atoms with E-state index in [0.717, 1.165) is 0 Å². The highest BCUT2D eigenvalue weighted by molar-refractivity contribution is 7.89. The standard InChI is InChI=1S/C13H18F3NO3S/c1-3-6-17(9-13(14,15)16)21(19,20)12-7-11(8-18)5-4-10(12)2/h4-5,7,18H,3,6,8-9H2,1-2H3. The lowest BCUT2D eigenvalue weighted by atomic mass is 10.2. The summed E-state index contributed by atoms with van der Waals surface area (Å²) in [6.45, 7) is 0.994. The van der Waals surface area contributed by atoms with Gasteiger partial charge in [0.15, 0.2) is 0 Å². The van der Waals surface area contributed by atoms with Crippen LogP contribution in [0, 0.1) is 6.92 Å². The summed E-state index contributed by atoms with van der Waals surface area (Å²) in [6, 6.07) is 4.21. The summed E-state index contributed by atoms with van der Waals surface area (Å²) in [5.41, 5.74) is 0.679. The van der Waals surface area contributed by atoms with Gasteiger partial charge in [0.05, 0.1) is 11.5 Å². The Labute approximate surface area is 122 Å². The van der Waals surface area contributed by atoms with Crippen LogP contribution in [0.3, 0.4) is 0 Å². The molecule has 120 valence electrons. The highest BCUT2D eigenvalue weighted by Crippen LogP contribution is 2.25. The Hall–Kier alpha value is -1.12. The van der Waals surface area contributed by atoms with Crippen LogP contribution in [0.15, 0.2) is 23.1 Å². The number of sulfonamides is 1. The van der Waals surface area contributed by atoms with Crippen molar-refractivity contribution < 1.29 is 26.7 Å². The van der Waals surface area contributed by atoms with Crippen molar-refractivity contribution in [2.24, 2.45) is 0 Å². The molecule has 0 saturated heterocycles. The largest absolute Gasteiger partial charge is 0.402 e. The zero-order chi connectivity index (χ0) is 16.3. The number of aryl methyl sites for hydroxylation is 1. The zero-order valence-electron chi connectivity index (χ0n) is 11.8. The minimum absolute atomic E-state index is 0.202. The van der Waals surface area contributed by atoms with Crippen LogP contribution in [-0.2, 0) is 16.6 Å². The maximum Gasteiger partial charge on any atom is 0.402 e. The molecule has 1 aromatic carbocycles. The molecular formula is C13H18F3NO3S. The van der Waals surface area contributed by atoms with Gasteiger partial charge in [-0.05, 0) is 30.5 Å². The van der Waals surface area contributed by atoms with Gasteiger partial charge in [-0.25, -0.2) is 8.42 Å². The Morgan fingerprint density at radius 2 is 1.90 bits per heavy atom. The third-order valence-corrected chi connectivity index (χ3v) is 4.87. The molecule has 0 saturated carbocycles. The SMILES string of the molecule is CCCN(CC(F)(F)F)S(=O)(=O)c1cc(CO)ccc1C. The molecule has 0 heterocycles. The Morgan fingerprint density at radius 1 is 1.29 bits per heavy atom. The molecule has 0 aliphatic rings. The van der Waals surface area contributed by atoms with E-state index in [2.05, 4.69) is 0 Å². The predicted octanol–water partition coefficient (Wildman–Crippen LogP) is 2.45. The van der Waals surface area contributed by atoms with E-state index in [4.69, 9.17) is 5.11 Å². The summed E-state index contributed by atoms with van der Waals surface area (Å²) in [5.74, 6) is 0. The predicted molar refractivity (Wildman–Crippen MR) is 72.2 cm³/mol. The summed E-state index contributed by atoms with van der Waals surface area (Å²) in [7, 11) is -4.26. The van der Waals surface area contributed by atoms with Gasteiger partial charge in [0.2, 0.25) is 10.0 Å². The third kappa shape index (κ3) is 4.69. The van der Waals surface area contributed by atoms with Gasteiger partial charge < -0.3 is 5.11 Å². The van der Waals surface area contributed by atoms with E-state index in [1.165, 1.54) is 25.1 Å². The van der Waals surface area contributed by atoms with Gasteiger partial charge in [0.1, 0.15) is 6.54 Å². The summed E-state index contributed by atoms with van der Waals surface area (Å²) >= 11 is 0. The molecule has 8 heteroatoms. The second kappa shape index (κ2) is 6.76. The Bertz CT molecular complexity index is 585. The fraction of sp³-hybridized carbons (Fsp3) is 0.538. The average molecular weight is 325 g/mol. The fourth-order valence-corrected chi connectivity index (χ4v) is 3.69. The van der Waals surface area contributed by atoms with Crippen molar-refractivity contribution in [3.05, 3.63) is 29.3 Å². The number of hydrogen-bond acceptors (Lipinski definition) is 3. The topological polar surface area (TPSA) is 57.6 Å². The number of benzene rings is 1. The van der Waals surface area contributed by atoms with Gasteiger partial charge in [0.25, 0.3) is 0 Å². The van der Waals surface area contributed by atoms with Crippen LogP contribution in [0.5, 0.6) is 0 Å². The molecule has 4 nitrogen and oxygen atoms in total. The van der Waals surface area contributed by atoms with Crippen LogP contribution >= 0.6 is 0 Å². The minimum Gasteiger partial charge on any atom is -0.392 e. The van der Waals surface area contributed by atoms with Crippen molar-refractivity contribution in [3.8, 4) is 0 Å². The maximum atomic E-state index is 12.6. The van der Waals surface area contributed by atoms with Gasteiger partial charge in [-0.2, -0.15) is 17.5 Å². The fourth-order valence-electron chi connectivity index (χ4n) is 1.89. The van der Waals surface area contributed by atoms with E-state index in [9.17, 15) is 21.6 Å². The molecule has 1 aromatic rings. The van der Waals surface area contributed by atoms with Crippen molar-refractivity contribution in [1.82, 2.24) is 4.31 Å². The first kappa shape index (κ1) is 17.9. The van der Waals surface area contributed by atoms with E-state index in [1.54, 1.807) is 6.92 Å². The van der Waals surface area contributed by atoms with Gasteiger partial charge in [-0.15, -0.1) is 0 Å². The van der Waals surface area contributed by atoms with Crippen molar-refractivity contribution in [2.45, 2.75) is 37.9 Å². The molecule has 0 bridgehead atoms. The van der Waals surface area contributed by atoms with Crippen molar-refractivity contribution in [2.75, 3.05) is 13.1 Å². The number of aliphatic hydroxyl groups is 1. The second-order valence-electron chi connectivity index (χ2n) is 4.71. The molecular weight excluding hydrogens is 307 g/mol. The molecule has 0 radical (unpaired) electrons. The van der Waals surface area contributed by atoms with Crippen LogP contribution < -0.4 is 0 Å². The number of nitrogens with zero attached hydrogens (tertiary/aromatic N) is 1. The number of aliphatic hydroxyl groups excluding tert-OH is 1. The van der Waals surface area contributed by atoms with Crippen molar-refractivity contribution in [3.63, 3.8) is 0 Å². The lowest BCUT2D eigenvalue weighted by molar-refractivity contribution is -0.136. The Balaban J connectivity index is 3.28. The maximum absolute atomic E-state index is 12.6. The molecule has 1 N–H and O–H groups in total. The highest BCUT2D eigenvalue weighted by atomic mass is 32.2. The van der Waals surface area contributed by atoms with Gasteiger partial charge >= 0.3 is 6.18 Å². The van der Waals surface area contributed by atoms with E-state index < -0.39 is 22.7 Å². The lowest BCUT2D eigenvalue weighted by Gasteiger charge is -2.24. The molecule has 0 aliphatic heterocycles. The smallest absolute Gasteiger partial charge is 0.392 e. The molecule has 0 spiro atoms. The summed E-state index contributed by atoms with van der Waals surface area (Å²) in [4.78, 5) is -0.202. The van der Waals surface area contributed by atoms with Crippen LogP contribution in [0.1, 0.15) is 24.5 Å².